The quantitative estimate of drug-likeness (QED) is 0.540. The molecule has 5 nitrogen and oxygen atoms in total. The van der Waals surface area contributed by atoms with E-state index in [1.54, 1.807) is 31.4 Å². The Morgan fingerprint density at radius 3 is 2.55 bits per heavy atom. The molecule has 0 bridgehead atoms. The second kappa shape index (κ2) is 9.39. The molecule has 0 saturated heterocycles. The molecule has 8 heteroatoms. The first kappa shape index (κ1) is 21.3. The van der Waals surface area contributed by atoms with Crippen molar-refractivity contribution in [3.63, 3.8) is 0 Å². The molecule has 2 aromatic carbocycles. The van der Waals surface area contributed by atoms with E-state index in [1.807, 2.05) is 24.3 Å². The molecule has 150 valence electrons. The van der Waals surface area contributed by atoms with Gasteiger partial charge < -0.3 is 9.47 Å². The van der Waals surface area contributed by atoms with Crippen molar-refractivity contribution in [2.75, 3.05) is 24.9 Å². The summed E-state index contributed by atoms with van der Waals surface area (Å²) in [5, 5.41) is 1.42. The van der Waals surface area contributed by atoms with E-state index >= 15 is 0 Å². The van der Waals surface area contributed by atoms with Crippen LogP contribution < -0.4 is 14.4 Å². The highest BCUT2D eigenvalue weighted by Gasteiger charge is 2.32. The number of methoxy groups -OCH3 is 2. The number of thioether (sulfide) groups is 1. The number of amides is 1. The van der Waals surface area contributed by atoms with E-state index in [-0.39, 0.29) is 5.91 Å². The number of halogens is 2. The first-order chi connectivity index (χ1) is 13.9. The largest absolute Gasteiger partial charge is 0.497 e. The lowest BCUT2D eigenvalue weighted by Gasteiger charge is -2.18. The van der Waals surface area contributed by atoms with Crippen LogP contribution >= 0.6 is 35.0 Å². The predicted molar refractivity (Wildman–Crippen MR) is 121 cm³/mol. The Balaban J connectivity index is 1.98. The molecule has 0 unspecified atom stereocenters. The van der Waals surface area contributed by atoms with Gasteiger partial charge in [0, 0.05) is 16.9 Å². The maximum absolute atomic E-state index is 13.1. The van der Waals surface area contributed by atoms with Gasteiger partial charge in [0.2, 0.25) is 0 Å². The monoisotopic (exact) mass is 448 g/mol. The normalized spacial score (nSPS) is 14.9. The summed E-state index contributed by atoms with van der Waals surface area (Å²) in [5.74, 6) is 1.37. The van der Waals surface area contributed by atoms with Crippen molar-refractivity contribution in [3.05, 3.63) is 70.4 Å². The van der Waals surface area contributed by atoms with Crippen LogP contribution in [0.3, 0.4) is 0 Å². The second-order valence-electron chi connectivity index (χ2n) is 5.96. The Morgan fingerprint density at radius 1 is 1.21 bits per heavy atom. The van der Waals surface area contributed by atoms with Gasteiger partial charge in [-0.05, 0) is 35.9 Å². The van der Waals surface area contributed by atoms with Gasteiger partial charge in [-0.15, -0.1) is 0 Å². The number of amidine groups is 1. The van der Waals surface area contributed by atoms with Crippen molar-refractivity contribution in [2.45, 2.75) is 0 Å². The van der Waals surface area contributed by atoms with Crippen molar-refractivity contribution in [1.82, 2.24) is 0 Å². The number of carbonyl (C=O) groups is 1. The van der Waals surface area contributed by atoms with Gasteiger partial charge in [0.1, 0.15) is 17.2 Å². The Hall–Kier alpha value is -2.41. The van der Waals surface area contributed by atoms with Crippen LogP contribution in [0.25, 0.3) is 6.08 Å². The summed E-state index contributed by atoms with van der Waals surface area (Å²) < 4.78 is 10.4. The molecule has 29 heavy (non-hydrogen) atoms. The summed E-state index contributed by atoms with van der Waals surface area (Å²) in [5.41, 5.74) is 1.74. The molecular formula is C21H18Cl2N2O3S. The van der Waals surface area contributed by atoms with Gasteiger partial charge in [-0.25, -0.2) is 4.99 Å². The van der Waals surface area contributed by atoms with Crippen LogP contribution in [-0.4, -0.2) is 31.0 Å². The van der Waals surface area contributed by atoms with Crippen LogP contribution in [0, 0.1) is 0 Å². The van der Waals surface area contributed by atoms with Crippen molar-refractivity contribution in [3.8, 4) is 11.5 Å². The molecule has 0 saturated carbocycles. The smallest absolute Gasteiger partial charge is 0.283 e. The lowest BCUT2D eigenvalue weighted by molar-refractivity contribution is -0.113. The highest BCUT2D eigenvalue weighted by atomic mass is 35.5. The molecule has 0 atom stereocenters. The molecule has 0 fully saturated rings. The van der Waals surface area contributed by atoms with Gasteiger partial charge in [-0.3, -0.25) is 9.69 Å². The number of hydrogen-bond donors (Lipinski definition) is 0. The first-order valence-electron chi connectivity index (χ1n) is 8.51. The van der Waals surface area contributed by atoms with Gasteiger partial charge in [-0.1, -0.05) is 53.7 Å². The Labute approximate surface area is 183 Å². The lowest BCUT2D eigenvalue weighted by Crippen LogP contribution is -2.30. The SMILES string of the molecule is C=C(Cl)CSC1=N/C(=C\c2ccc(OC)cc2)C(=O)N1c1ccc(Cl)c(OC)c1. The Morgan fingerprint density at radius 2 is 1.93 bits per heavy atom. The predicted octanol–water partition coefficient (Wildman–Crippen LogP) is 5.59. The fraction of sp³-hybridized carbons (Fsp3) is 0.143. The van der Waals surface area contributed by atoms with Crippen LogP contribution in [0.4, 0.5) is 5.69 Å². The van der Waals surface area contributed by atoms with Gasteiger partial charge in [0.25, 0.3) is 5.91 Å². The molecule has 0 N–H and O–H groups in total. The molecule has 1 heterocycles. The van der Waals surface area contributed by atoms with Crippen molar-refractivity contribution in [1.29, 1.82) is 0 Å². The highest BCUT2D eigenvalue weighted by Crippen LogP contribution is 2.35. The van der Waals surface area contributed by atoms with Crippen LogP contribution in [0.2, 0.25) is 5.02 Å². The van der Waals surface area contributed by atoms with Gasteiger partial charge in [0.15, 0.2) is 5.17 Å². The minimum absolute atomic E-state index is 0.257. The van der Waals surface area contributed by atoms with E-state index in [4.69, 9.17) is 32.7 Å². The molecule has 2 aromatic rings. The van der Waals surface area contributed by atoms with E-state index in [9.17, 15) is 4.79 Å². The number of carbonyl (C=O) groups excluding carboxylic acids is 1. The number of rotatable bonds is 6. The van der Waals surface area contributed by atoms with Crippen molar-refractivity contribution < 1.29 is 14.3 Å². The third kappa shape index (κ3) is 4.96. The number of ether oxygens (including phenoxy) is 2. The summed E-state index contributed by atoms with van der Waals surface area (Å²) in [6.45, 7) is 3.70. The zero-order chi connectivity index (χ0) is 21.0. The molecule has 1 aliphatic rings. The average molecular weight is 449 g/mol. The second-order valence-corrected chi connectivity index (χ2v) is 7.85. The van der Waals surface area contributed by atoms with Crippen molar-refractivity contribution >= 4 is 57.8 Å². The minimum atomic E-state index is -0.257. The van der Waals surface area contributed by atoms with Crippen LogP contribution in [0.5, 0.6) is 11.5 Å². The molecule has 0 aliphatic carbocycles. The van der Waals surface area contributed by atoms with Crippen LogP contribution in [-0.2, 0) is 4.79 Å². The topological polar surface area (TPSA) is 51.1 Å². The Kier molecular flexibility index (Phi) is 6.90. The molecule has 1 aliphatic heterocycles. The molecule has 0 aromatic heterocycles. The van der Waals surface area contributed by atoms with Crippen LogP contribution in [0.1, 0.15) is 5.56 Å². The Bertz CT molecular complexity index is 1000. The summed E-state index contributed by atoms with van der Waals surface area (Å²) in [4.78, 5) is 19.2. The van der Waals surface area contributed by atoms with Crippen molar-refractivity contribution in [2.24, 2.45) is 4.99 Å². The number of aliphatic imine (C=N–C) groups is 1. The fourth-order valence-corrected chi connectivity index (χ4v) is 3.73. The first-order valence-corrected chi connectivity index (χ1v) is 10.3. The number of nitrogens with zero attached hydrogens (tertiary/aromatic N) is 2. The van der Waals surface area contributed by atoms with E-state index in [1.165, 1.54) is 23.8 Å². The van der Waals surface area contributed by atoms with Gasteiger partial charge >= 0.3 is 0 Å². The van der Waals surface area contributed by atoms with Gasteiger partial charge in [-0.2, -0.15) is 0 Å². The summed E-state index contributed by atoms with van der Waals surface area (Å²) in [6.07, 6.45) is 1.73. The lowest BCUT2D eigenvalue weighted by atomic mass is 10.2. The zero-order valence-electron chi connectivity index (χ0n) is 15.8. The fourth-order valence-electron chi connectivity index (χ4n) is 2.61. The average Bonchev–Trinajstić information content (AvgIpc) is 3.02. The summed E-state index contributed by atoms with van der Waals surface area (Å²) in [7, 11) is 3.12. The standard InChI is InChI=1S/C21H18Cl2N2O3S/c1-13(22)12-29-21-24-18(10-14-4-7-16(27-2)8-5-14)20(26)25(21)15-6-9-17(23)19(11-15)28-3/h4-11H,1,12H2,2-3H3/b18-10-. The van der Waals surface area contributed by atoms with E-state index in [2.05, 4.69) is 11.6 Å². The minimum Gasteiger partial charge on any atom is -0.497 e. The van der Waals surface area contributed by atoms with Gasteiger partial charge in [0.05, 0.1) is 24.9 Å². The maximum Gasteiger partial charge on any atom is 0.283 e. The van der Waals surface area contributed by atoms with Crippen LogP contribution in [0.15, 0.2) is 64.8 Å². The summed E-state index contributed by atoms with van der Waals surface area (Å²) >= 11 is 13.4. The maximum atomic E-state index is 13.1. The highest BCUT2D eigenvalue weighted by molar-refractivity contribution is 8.14. The summed E-state index contributed by atoms with van der Waals surface area (Å²) in [6, 6.07) is 12.5. The molecule has 1 amide bonds. The number of benzene rings is 2. The zero-order valence-corrected chi connectivity index (χ0v) is 18.1. The number of anilines is 1. The molecule has 3 rings (SSSR count). The number of hydrogen-bond acceptors (Lipinski definition) is 5. The van der Waals surface area contributed by atoms with E-state index < -0.39 is 0 Å². The molecular weight excluding hydrogens is 431 g/mol. The molecule has 0 spiro atoms. The molecule has 0 radical (unpaired) electrons. The third-order valence-corrected chi connectivity index (χ3v) is 5.63. The third-order valence-electron chi connectivity index (χ3n) is 4.00. The van der Waals surface area contributed by atoms with E-state index in [0.29, 0.717) is 38.1 Å². The van der Waals surface area contributed by atoms with E-state index in [0.717, 1.165) is 11.3 Å².